The van der Waals surface area contributed by atoms with Crippen molar-refractivity contribution in [2.45, 2.75) is 65.1 Å². The van der Waals surface area contributed by atoms with Crippen molar-refractivity contribution >= 4 is 5.96 Å². The molecule has 1 aromatic heterocycles. The van der Waals surface area contributed by atoms with Gasteiger partial charge in [0.2, 0.25) is 0 Å². The van der Waals surface area contributed by atoms with E-state index >= 15 is 0 Å². The first-order valence-corrected chi connectivity index (χ1v) is 10.7. The minimum atomic E-state index is 0.479. The van der Waals surface area contributed by atoms with Gasteiger partial charge in [0.1, 0.15) is 17.9 Å². The zero-order chi connectivity index (χ0) is 20.5. The standard InChI is InChI=1S/C22H34N6O/c1-4-21-27-25-16-28(21)14-13-23-22(26-20-8-6-5-7-17(20)2)24-15-18-9-11-19(29-3)12-10-18/h9-12,16-17,20H,4-8,13-15H2,1-3H3,(H2,23,24,26). The minimum Gasteiger partial charge on any atom is -0.497 e. The maximum absolute atomic E-state index is 5.24. The number of methoxy groups -OCH3 is 1. The number of aromatic nitrogens is 3. The number of hydrogen-bond donors (Lipinski definition) is 2. The number of rotatable bonds is 8. The second kappa shape index (κ2) is 10.8. The molecule has 2 unspecified atom stereocenters. The molecule has 1 fully saturated rings. The summed E-state index contributed by atoms with van der Waals surface area (Å²) in [5, 5.41) is 15.4. The predicted molar refractivity (Wildman–Crippen MR) is 116 cm³/mol. The SMILES string of the molecule is CCc1nncn1CCNC(=NCc1ccc(OC)cc1)NC1CCCCC1C. The maximum atomic E-state index is 5.24. The Hall–Kier alpha value is -2.57. The summed E-state index contributed by atoms with van der Waals surface area (Å²) in [5.74, 6) is 3.43. The van der Waals surface area contributed by atoms with Crippen molar-refractivity contribution in [3.8, 4) is 5.75 Å². The summed E-state index contributed by atoms with van der Waals surface area (Å²) >= 11 is 0. The van der Waals surface area contributed by atoms with Crippen LogP contribution in [0.1, 0.15) is 50.9 Å². The molecule has 0 amide bonds. The zero-order valence-electron chi connectivity index (χ0n) is 17.9. The van der Waals surface area contributed by atoms with Crippen molar-refractivity contribution in [3.63, 3.8) is 0 Å². The van der Waals surface area contributed by atoms with Crippen LogP contribution in [0.25, 0.3) is 0 Å². The molecule has 0 aliphatic heterocycles. The predicted octanol–water partition coefficient (Wildman–Crippen LogP) is 3.16. The molecule has 7 nitrogen and oxygen atoms in total. The number of hydrogen-bond acceptors (Lipinski definition) is 4. The molecule has 1 aliphatic carbocycles. The van der Waals surface area contributed by atoms with E-state index in [0.29, 0.717) is 18.5 Å². The van der Waals surface area contributed by atoms with Crippen LogP contribution in [0.3, 0.4) is 0 Å². The number of benzene rings is 1. The molecule has 29 heavy (non-hydrogen) atoms. The summed E-state index contributed by atoms with van der Waals surface area (Å²) < 4.78 is 7.34. The lowest BCUT2D eigenvalue weighted by molar-refractivity contribution is 0.306. The molecule has 2 aromatic rings. The Balaban J connectivity index is 1.62. The topological polar surface area (TPSA) is 76.4 Å². The Kier molecular flexibility index (Phi) is 7.90. The third-order valence-electron chi connectivity index (χ3n) is 5.67. The van der Waals surface area contributed by atoms with Crippen LogP contribution in [0.5, 0.6) is 5.75 Å². The van der Waals surface area contributed by atoms with Crippen molar-refractivity contribution in [3.05, 3.63) is 42.0 Å². The van der Waals surface area contributed by atoms with Gasteiger partial charge in [-0.15, -0.1) is 10.2 Å². The van der Waals surface area contributed by atoms with Crippen molar-refractivity contribution in [1.82, 2.24) is 25.4 Å². The van der Waals surface area contributed by atoms with E-state index in [1.165, 1.54) is 25.7 Å². The van der Waals surface area contributed by atoms with E-state index in [1.807, 2.05) is 12.1 Å². The number of nitrogens with zero attached hydrogens (tertiary/aromatic N) is 4. The third-order valence-corrected chi connectivity index (χ3v) is 5.67. The molecule has 1 aromatic carbocycles. The quantitative estimate of drug-likeness (QED) is 0.528. The van der Waals surface area contributed by atoms with Crippen LogP contribution in [0.2, 0.25) is 0 Å². The van der Waals surface area contributed by atoms with Crippen LogP contribution in [-0.4, -0.2) is 40.4 Å². The normalized spacial score (nSPS) is 19.8. The van der Waals surface area contributed by atoms with Crippen LogP contribution in [0, 0.1) is 5.92 Å². The van der Waals surface area contributed by atoms with E-state index in [-0.39, 0.29) is 0 Å². The van der Waals surface area contributed by atoms with Crippen LogP contribution >= 0.6 is 0 Å². The fraction of sp³-hybridized carbons (Fsp3) is 0.591. The third kappa shape index (κ3) is 6.21. The molecule has 1 aliphatic rings. The van der Waals surface area contributed by atoms with Gasteiger partial charge in [0.25, 0.3) is 0 Å². The molecule has 1 heterocycles. The molecule has 2 atom stereocenters. The van der Waals surface area contributed by atoms with Crippen LogP contribution in [0.4, 0.5) is 0 Å². The number of guanidine groups is 1. The van der Waals surface area contributed by atoms with Gasteiger partial charge in [-0.2, -0.15) is 0 Å². The number of ether oxygens (including phenoxy) is 1. The van der Waals surface area contributed by atoms with Crippen LogP contribution in [0.15, 0.2) is 35.6 Å². The Morgan fingerprint density at radius 1 is 1.24 bits per heavy atom. The molecular formula is C22H34N6O. The van der Waals surface area contributed by atoms with E-state index in [4.69, 9.17) is 9.73 Å². The van der Waals surface area contributed by atoms with E-state index in [9.17, 15) is 0 Å². The van der Waals surface area contributed by atoms with Crippen molar-refractivity contribution in [2.75, 3.05) is 13.7 Å². The zero-order valence-corrected chi connectivity index (χ0v) is 17.9. The van der Waals surface area contributed by atoms with Gasteiger partial charge < -0.3 is 19.9 Å². The van der Waals surface area contributed by atoms with Gasteiger partial charge >= 0.3 is 0 Å². The van der Waals surface area contributed by atoms with Crippen molar-refractivity contribution in [2.24, 2.45) is 10.9 Å². The monoisotopic (exact) mass is 398 g/mol. The Morgan fingerprint density at radius 2 is 2.03 bits per heavy atom. The Morgan fingerprint density at radius 3 is 2.76 bits per heavy atom. The highest BCUT2D eigenvalue weighted by Crippen LogP contribution is 2.23. The molecule has 1 saturated carbocycles. The van der Waals surface area contributed by atoms with E-state index in [2.05, 4.69) is 51.4 Å². The second-order valence-electron chi connectivity index (χ2n) is 7.75. The highest BCUT2D eigenvalue weighted by Gasteiger charge is 2.22. The minimum absolute atomic E-state index is 0.479. The number of nitrogens with one attached hydrogen (secondary N) is 2. The molecule has 3 rings (SSSR count). The first-order valence-electron chi connectivity index (χ1n) is 10.7. The second-order valence-corrected chi connectivity index (χ2v) is 7.75. The molecule has 2 N–H and O–H groups in total. The average molecular weight is 399 g/mol. The molecule has 7 heteroatoms. The Labute approximate surface area is 174 Å². The van der Waals surface area contributed by atoms with Gasteiger partial charge in [-0.25, -0.2) is 4.99 Å². The van der Waals surface area contributed by atoms with Gasteiger partial charge in [0, 0.05) is 25.6 Å². The molecule has 0 spiro atoms. The highest BCUT2D eigenvalue weighted by molar-refractivity contribution is 5.80. The Bertz CT molecular complexity index is 770. The molecule has 0 bridgehead atoms. The summed E-state index contributed by atoms with van der Waals surface area (Å²) in [7, 11) is 1.68. The van der Waals surface area contributed by atoms with Crippen LogP contribution < -0.4 is 15.4 Å². The van der Waals surface area contributed by atoms with Crippen LogP contribution in [-0.2, 0) is 19.5 Å². The summed E-state index contributed by atoms with van der Waals surface area (Å²) in [6.45, 7) is 6.66. The van der Waals surface area contributed by atoms with Crippen molar-refractivity contribution in [1.29, 1.82) is 0 Å². The lowest BCUT2D eigenvalue weighted by Crippen LogP contribution is -2.47. The van der Waals surface area contributed by atoms with E-state index in [0.717, 1.165) is 42.6 Å². The van der Waals surface area contributed by atoms with Gasteiger partial charge in [0.15, 0.2) is 5.96 Å². The van der Waals surface area contributed by atoms with Crippen molar-refractivity contribution < 1.29 is 4.74 Å². The maximum Gasteiger partial charge on any atom is 0.191 e. The number of aryl methyl sites for hydroxylation is 1. The smallest absolute Gasteiger partial charge is 0.191 e. The van der Waals surface area contributed by atoms with Gasteiger partial charge in [-0.1, -0.05) is 38.8 Å². The van der Waals surface area contributed by atoms with Gasteiger partial charge in [-0.05, 0) is 36.5 Å². The van der Waals surface area contributed by atoms with E-state index < -0.39 is 0 Å². The van der Waals surface area contributed by atoms with Gasteiger partial charge in [0.05, 0.1) is 13.7 Å². The molecule has 0 saturated heterocycles. The lowest BCUT2D eigenvalue weighted by Gasteiger charge is -2.31. The fourth-order valence-corrected chi connectivity index (χ4v) is 3.79. The van der Waals surface area contributed by atoms with Gasteiger partial charge in [-0.3, -0.25) is 0 Å². The summed E-state index contributed by atoms with van der Waals surface area (Å²) in [4.78, 5) is 4.85. The fourth-order valence-electron chi connectivity index (χ4n) is 3.79. The first-order chi connectivity index (χ1) is 14.2. The molecular weight excluding hydrogens is 364 g/mol. The average Bonchev–Trinajstić information content (AvgIpc) is 3.21. The molecule has 0 radical (unpaired) electrons. The number of aliphatic imine (C=N–C) groups is 1. The largest absolute Gasteiger partial charge is 0.497 e. The first kappa shape index (κ1) is 21.1. The summed E-state index contributed by atoms with van der Waals surface area (Å²) in [5.41, 5.74) is 1.16. The highest BCUT2D eigenvalue weighted by atomic mass is 16.5. The summed E-state index contributed by atoms with van der Waals surface area (Å²) in [6.07, 6.45) is 7.79. The lowest BCUT2D eigenvalue weighted by atomic mass is 9.86. The molecule has 158 valence electrons. The van der Waals surface area contributed by atoms with E-state index in [1.54, 1.807) is 13.4 Å². The summed E-state index contributed by atoms with van der Waals surface area (Å²) in [6, 6.07) is 8.56.